The SMILES string of the molecule is O=C(Cn1cnc2sccc2c1=O)Nc1c2c(nn1-c1ccccc1)CCC2. The smallest absolute Gasteiger partial charge is 0.262 e. The van der Waals surface area contributed by atoms with Gasteiger partial charge in [-0.05, 0) is 42.8 Å². The number of para-hydroxylation sites is 1. The van der Waals surface area contributed by atoms with Crippen molar-refractivity contribution in [3.8, 4) is 5.69 Å². The number of aryl methyl sites for hydroxylation is 1. The molecule has 28 heavy (non-hydrogen) atoms. The summed E-state index contributed by atoms with van der Waals surface area (Å²) in [5.41, 5.74) is 2.79. The largest absolute Gasteiger partial charge is 0.309 e. The lowest BCUT2D eigenvalue weighted by Gasteiger charge is -2.12. The molecule has 0 saturated heterocycles. The highest BCUT2D eigenvalue weighted by Gasteiger charge is 2.24. The van der Waals surface area contributed by atoms with E-state index in [4.69, 9.17) is 5.10 Å². The number of nitrogens with one attached hydrogen (secondary N) is 1. The van der Waals surface area contributed by atoms with E-state index in [9.17, 15) is 9.59 Å². The first-order valence-corrected chi connectivity index (χ1v) is 9.97. The lowest BCUT2D eigenvalue weighted by Crippen LogP contribution is -2.28. The number of carbonyl (C=O) groups is 1. The Morgan fingerprint density at radius 1 is 1.18 bits per heavy atom. The summed E-state index contributed by atoms with van der Waals surface area (Å²) in [4.78, 5) is 30.2. The average molecular weight is 391 g/mol. The number of thiophene rings is 1. The van der Waals surface area contributed by atoms with Crippen molar-refractivity contribution in [2.24, 2.45) is 0 Å². The Morgan fingerprint density at radius 2 is 2.04 bits per heavy atom. The summed E-state index contributed by atoms with van der Waals surface area (Å²) in [7, 11) is 0. The Kier molecular flexibility index (Phi) is 4.05. The van der Waals surface area contributed by atoms with E-state index in [1.165, 1.54) is 22.2 Å². The average Bonchev–Trinajstić information content (AvgIpc) is 3.42. The molecule has 7 nitrogen and oxygen atoms in total. The second-order valence-electron chi connectivity index (χ2n) is 6.74. The van der Waals surface area contributed by atoms with Gasteiger partial charge in [-0.15, -0.1) is 11.3 Å². The van der Waals surface area contributed by atoms with Crippen molar-refractivity contribution in [3.05, 3.63) is 69.7 Å². The van der Waals surface area contributed by atoms with Crippen molar-refractivity contribution in [1.82, 2.24) is 19.3 Å². The van der Waals surface area contributed by atoms with Gasteiger partial charge in [-0.25, -0.2) is 9.67 Å². The van der Waals surface area contributed by atoms with Crippen LogP contribution in [0, 0.1) is 0 Å². The Morgan fingerprint density at radius 3 is 2.89 bits per heavy atom. The molecule has 0 saturated carbocycles. The number of fused-ring (bicyclic) bond motifs is 2. The van der Waals surface area contributed by atoms with Crippen LogP contribution >= 0.6 is 11.3 Å². The molecule has 0 spiro atoms. The molecule has 3 heterocycles. The van der Waals surface area contributed by atoms with Gasteiger partial charge in [-0.2, -0.15) is 5.10 Å². The summed E-state index contributed by atoms with van der Waals surface area (Å²) >= 11 is 1.41. The Hall–Kier alpha value is -3.26. The molecular formula is C20H17N5O2S. The predicted octanol–water partition coefficient (Wildman–Crippen LogP) is 2.77. The molecule has 0 bridgehead atoms. The fourth-order valence-corrected chi connectivity index (χ4v) is 4.33. The van der Waals surface area contributed by atoms with Crippen LogP contribution in [0.2, 0.25) is 0 Å². The minimum Gasteiger partial charge on any atom is -0.309 e. The normalized spacial score (nSPS) is 13.0. The van der Waals surface area contributed by atoms with Gasteiger partial charge in [0, 0.05) is 5.56 Å². The van der Waals surface area contributed by atoms with Crippen LogP contribution in [0.1, 0.15) is 17.7 Å². The standard InChI is InChI=1S/C20H17N5O2S/c26-17(11-24-12-21-19-15(20(24)27)9-10-28-19)22-18-14-7-4-8-16(14)23-25(18)13-5-2-1-3-6-13/h1-3,5-6,9-10,12H,4,7-8,11H2,(H,22,26). The summed E-state index contributed by atoms with van der Waals surface area (Å²) in [5.74, 6) is 0.423. The van der Waals surface area contributed by atoms with Gasteiger partial charge in [0.2, 0.25) is 5.91 Å². The molecule has 3 aromatic heterocycles. The van der Waals surface area contributed by atoms with Crippen LogP contribution in [-0.2, 0) is 24.2 Å². The second kappa shape index (κ2) is 6.72. The molecule has 4 aromatic rings. The second-order valence-corrected chi connectivity index (χ2v) is 7.63. The van der Waals surface area contributed by atoms with Crippen molar-refractivity contribution < 1.29 is 4.79 Å². The molecule has 5 rings (SSSR count). The van der Waals surface area contributed by atoms with E-state index < -0.39 is 0 Å². The van der Waals surface area contributed by atoms with E-state index in [2.05, 4.69) is 10.3 Å². The molecule has 140 valence electrons. The first kappa shape index (κ1) is 16.9. The zero-order valence-electron chi connectivity index (χ0n) is 15.0. The number of amides is 1. The zero-order chi connectivity index (χ0) is 19.1. The molecule has 1 aromatic carbocycles. The van der Waals surface area contributed by atoms with Crippen LogP contribution in [0.3, 0.4) is 0 Å². The lowest BCUT2D eigenvalue weighted by molar-refractivity contribution is -0.116. The number of benzene rings is 1. The van der Waals surface area contributed by atoms with Crippen molar-refractivity contribution in [3.63, 3.8) is 0 Å². The van der Waals surface area contributed by atoms with Crippen LogP contribution in [0.15, 0.2) is 52.9 Å². The summed E-state index contributed by atoms with van der Waals surface area (Å²) < 4.78 is 3.12. The minimum atomic E-state index is -0.273. The molecule has 8 heteroatoms. The Labute approximate surface area is 164 Å². The first-order valence-electron chi connectivity index (χ1n) is 9.09. The van der Waals surface area contributed by atoms with Crippen molar-refractivity contribution in [2.45, 2.75) is 25.8 Å². The van der Waals surface area contributed by atoms with Gasteiger partial charge in [-0.1, -0.05) is 18.2 Å². The Balaban J connectivity index is 1.46. The van der Waals surface area contributed by atoms with Crippen LogP contribution in [-0.4, -0.2) is 25.2 Å². The van der Waals surface area contributed by atoms with Gasteiger partial charge >= 0.3 is 0 Å². The fraction of sp³-hybridized carbons (Fsp3) is 0.200. The Bertz CT molecular complexity index is 1240. The van der Waals surface area contributed by atoms with Gasteiger partial charge in [-0.3, -0.25) is 14.2 Å². The minimum absolute atomic E-state index is 0.0909. The topological polar surface area (TPSA) is 81.8 Å². The summed E-state index contributed by atoms with van der Waals surface area (Å²) in [5, 5.41) is 10.0. The van der Waals surface area contributed by atoms with Gasteiger partial charge < -0.3 is 5.32 Å². The monoisotopic (exact) mass is 391 g/mol. The van der Waals surface area contributed by atoms with E-state index in [1.807, 2.05) is 35.7 Å². The predicted molar refractivity (Wildman–Crippen MR) is 108 cm³/mol. The maximum absolute atomic E-state index is 12.8. The van der Waals surface area contributed by atoms with Crippen LogP contribution < -0.4 is 10.9 Å². The number of nitrogens with zero attached hydrogens (tertiary/aromatic N) is 4. The molecule has 0 fully saturated rings. The highest BCUT2D eigenvalue weighted by atomic mass is 32.1. The highest BCUT2D eigenvalue weighted by molar-refractivity contribution is 7.16. The maximum atomic E-state index is 12.8. The van der Waals surface area contributed by atoms with Crippen LogP contribution in [0.4, 0.5) is 5.82 Å². The molecule has 0 aliphatic heterocycles. The van der Waals surface area contributed by atoms with E-state index in [0.717, 1.165) is 36.2 Å². The molecule has 1 N–H and O–H groups in total. The van der Waals surface area contributed by atoms with E-state index >= 15 is 0 Å². The van der Waals surface area contributed by atoms with Crippen LogP contribution in [0.5, 0.6) is 0 Å². The molecule has 1 amide bonds. The number of hydrogen-bond donors (Lipinski definition) is 1. The van der Waals surface area contributed by atoms with Crippen molar-refractivity contribution in [1.29, 1.82) is 0 Å². The highest BCUT2D eigenvalue weighted by Crippen LogP contribution is 2.30. The number of rotatable bonds is 4. The number of anilines is 1. The van der Waals surface area contributed by atoms with Gasteiger partial charge in [0.25, 0.3) is 5.56 Å². The van der Waals surface area contributed by atoms with Crippen molar-refractivity contribution in [2.75, 3.05) is 5.32 Å². The maximum Gasteiger partial charge on any atom is 0.262 e. The number of carbonyl (C=O) groups excluding carboxylic acids is 1. The van der Waals surface area contributed by atoms with E-state index in [-0.39, 0.29) is 18.0 Å². The molecule has 0 radical (unpaired) electrons. The third-order valence-corrected chi connectivity index (χ3v) is 5.75. The summed E-state index contributed by atoms with van der Waals surface area (Å²) in [6.45, 7) is -0.0909. The van der Waals surface area contributed by atoms with Crippen LogP contribution in [0.25, 0.3) is 15.9 Å². The van der Waals surface area contributed by atoms with Gasteiger partial charge in [0.15, 0.2) is 0 Å². The number of hydrogen-bond acceptors (Lipinski definition) is 5. The third-order valence-electron chi connectivity index (χ3n) is 4.93. The van der Waals surface area contributed by atoms with Crippen molar-refractivity contribution >= 4 is 33.3 Å². The first-order chi connectivity index (χ1) is 13.7. The summed E-state index contributed by atoms with van der Waals surface area (Å²) in [6.07, 6.45) is 4.27. The molecule has 0 atom stereocenters. The van der Waals surface area contributed by atoms with E-state index in [0.29, 0.717) is 16.0 Å². The van der Waals surface area contributed by atoms with E-state index in [1.54, 1.807) is 10.7 Å². The van der Waals surface area contributed by atoms with Gasteiger partial charge in [0.05, 0.1) is 23.1 Å². The molecule has 1 aliphatic rings. The molecule has 0 unspecified atom stereocenters. The fourth-order valence-electron chi connectivity index (χ4n) is 3.61. The molecule has 1 aliphatic carbocycles. The summed E-state index contributed by atoms with van der Waals surface area (Å²) in [6, 6.07) is 11.5. The lowest BCUT2D eigenvalue weighted by atomic mass is 10.2. The number of aromatic nitrogens is 4. The third kappa shape index (κ3) is 2.82. The molecular weight excluding hydrogens is 374 g/mol. The quantitative estimate of drug-likeness (QED) is 0.580. The van der Waals surface area contributed by atoms with Gasteiger partial charge in [0.1, 0.15) is 17.2 Å². The zero-order valence-corrected chi connectivity index (χ0v) is 15.8.